The number of benzene rings is 1. The Hall–Kier alpha value is -2.97. The number of rotatable bonds is 6. The predicted octanol–water partition coefficient (Wildman–Crippen LogP) is 2.20. The smallest absolute Gasteiger partial charge is 0.325 e. The number of morpholine rings is 1. The van der Waals surface area contributed by atoms with Crippen molar-refractivity contribution in [2.24, 2.45) is 0 Å². The average Bonchev–Trinajstić information content (AvgIpc) is 2.70. The van der Waals surface area contributed by atoms with E-state index < -0.39 is 12.0 Å². The number of nitrogens with zero attached hydrogens (tertiary/aromatic N) is 3. The molecule has 1 atom stereocenters. The van der Waals surface area contributed by atoms with Crippen LogP contribution in [0.25, 0.3) is 0 Å². The van der Waals surface area contributed by atoms with Crippen LogP contribution in [0.1, 0.15) is 17.2 Å². The Bertz CT molecular complexity index is 792. The van der Waals surface area contributed by atoms with Crippen molar-refractivity contribution >= 4 is 17.7 Å². The van der Waals surface area contributed by atoms with Crippen LogP contribution in [0, 0.1) is 0 Å². The second-order valence-electron chi connectivity index (χ2n) is 6.67. The molecule has 28 heavy (non-hydrogen) atoms. The van der Waals surface area contributed by atoms with Crippen molar-refractivity contribution in [1.29, 1.82) is 0 Å². The summed E-state index contributed by atoms with van der Waals surface area (Å²) in [6.45, 7) is 2.65. The number of carbonyl (C=O) groups excluding carboxylic acids is 1. The molecule has 1 aromatic carbocycles. The largest absolute Gasteiger partial charge is 0.480 e. The Morgan fingerprint density at radius 1 is 1.25 bits per heavy atom. The quantitative estimate of drug-likeness (QED) is 0.793. The van der Waals surface area contributed by atoms with E-state index >= 15 is 0 Å². The summed E-state index contributed by atoms with van der Waals surface area (Å²) in [5.74, 6) is -0.934. The van der Waals surface area contributed by atoms with Gasteiger partial charge >= 0.3 is 12.0 Å². The van der Waals surface area contributed by atoms with Gasteiger partial charge in [-0.3, -0.25) is 14.7 Å². The number of carboxylic acids is 1. The zero-order valence-electron chi connectivity index (χ0n) is 15.7. The summed E-state index contributed by atoms with van der Waals surface area (Å²) in [5.41, 5.74) is 2.20. The first-order valence-electron chi connectivity index (χ1n) is 9.10. The van der Waals surface area contributed by atoms with E-state index in [2.05, 4.69) is 10.3 Å². The number of carboxylic acid groups (broad SMARTS) is 1. The number of aliphatic carboxylic acids is 1. The molecular weight excluding hydrogens is 360 g/mol. The van der Waals surface area contributed by atoms with Crippen molar-refractivity contribution in [3.8, 4) is 0 Å². The summed E-state index contributed by atoms with van der Waals surface area (Å²) in [4.78, 5) is 31.6. The number of aromatic nitrogens is 1. The fourth-order valence-electron chi connectivity index (χ4n) is 3.17. The summed E-state index contributed by atoms with van der Waals surface area (Å²) in [6.07, 6.45) is 3.40. The van der Waals surface area contributed by atoms with Crippen LogP contribution in [0.4, 0.5) is 10.5 Å². The minimum Gasteiger partial charge on any atom is -0.480 e. The van der Waals surface area contributed by atoms with E-state index in [0.29, 0.717) is 44.1 Å². The number of anilines is 1. The number of hydrogen-bond acceptors (Lipinski definition) is 5. The lowest BCUT2D eigenvalue weighted by atomic mass is 10.0. The second-order valence-corrected chi connectivity index (χ2v) is 6.67. The molecule has 148 valence electrons. The van der Waals surface area contributed by atoms with E-state index in [1.54, 1.807) is 53.5 Å². The zero-order valence-corrected chi connectivity index (χ0v) is 15.7. The highest BCUT2D eigenvalue weighted by Gasteiger charge is 2.25. The Labute approximate surface area is 163 Å². The monoisotopic (exact) mass is 384 g/mol. The summed E-state index contributed by atoms with van der Waals surface area (Å²) < 4.78 is 5.24. The van der Waals surface area contributed by atoms with Gasteiger partial charge in [-0.1, -0.05) is 18.2 Å². The van der Waals surface area contributed by atoms with Crippen LogP contribution in [0.3, 0.4) is 0 Å². The fourth-order valence-corrected chi connectivity index (χ4v) is 3.17. The first-order chi connectivity index (χ1) is 13.5. The lowest BCUT2D eigenvalue weighted by Crippen LogP contribution is -2.43. The highest BCUT2D eigenvalue weighted by Crippen LogP contribution is 2.23. The SMILES string of the molecule is CN(Cc1cccnc1)[C@H](C(=O)O)c1ccc(NC(=O)N2CCOCC2)cc1. The van der Waals surface area contributed by atoms with Crippen molar-refractivity contribution in [3.05, 3.63) is 59.9 Å². The van der Waals surface area contributed by atoms with Crippen LogP contribution < -0.4 is 5.32 Å². The summed E-state index contributed by atoms with van der Waals surface area (Å²) in [5, 5.41) is 12.6. The van der Waals surface area contributed by atoms with Gasteiger partial charge in [0.25, 0.3) is 0 Å². The molecule has 1 aromatic heterocycles. The Morgan fingerprint density at radius 2 is 1.96 bits per heavy atom. The number of ether oxygens (including phenoxy) is 1. The van der Waals surface area contributed by atoms with Gasteiger partial charge in [-0.25, -0.2) is 4.79 Å². The molecule has 1 saturated heterocycles. The van der Waals surface area contributed by atoms with Crippen LogP contribution in [-0.4, -0.2) is 65.2 Å². The molecule has 0 saturated carbocycles. The highest BCUT2D eigenvalue weighted by atomic mass is 16.5. The van der Waals surface area contributed by atoms with Crippen molar-refractivity contribution < 1.29 is 19.4 Å². The average molecular weight is 384 g/mol. The molecule has 2 amide bonds. The maximum Gasteiger partial charge on any atom is 0.325 e. The normalized spacial score (nSPS) is 15.3. The first-order valence-corrected chi connectivity index (χ1v) is 9.10. The number of pyridine rings is 1. The molecule has 0 aliphatic carbocycles. The van der Waals surface area contributed by atoms with Crippen LogP contribution in [0.5, 0.6) is 0 Å². The predicted molar refractivity (Wildman–Crippen MR) is 104 cm³/mol. The molecule has 8 nitrogen and oxygen atoms in total. The van der Waals surface area contributed by atoms with Gasteiger partial charge in [0.15, 0.2) is 0 Å². The van der Waals surface area contributed by atoms with Crippen molar-refractivity contribution in [1.82, 2.24) is 14.8 Å². The Balaban J connectivity index is 1.66. The summed E-state index contributed by atoms with van der Waals surface area (Å²) >= 11 is 0. The molecule has 8 heteroatoms. The van der Waals surface area contributed by atoms with E-state index in [-0.39, 0.29) is 6.03 Å². The van der Waals surface area contributed by atoms with Gasteiger partial charge in [-0.15, -0.1) is 0 Å². The standard InChI is InChI=1S/C20H24N4O4/c1-23(14-15-3-2-8-21-13-15)18(19(25)26)16-4-6-17(7-5-16)22-20(27)24-9-11-28-12-10-24/h2-8,13,18H,9-12,14H2,1H3,(H,22,27)(H,25,26)/t18-/m0/s1. The van der Waals surface area contributed by atoms with Gasteiger partial charge in [-0.2, -0.15) is 0 Å². The third-order valence-corrected chi connectivity index (χ3v) is 4.61. The van der Waals surface area contributed by atoms with Crippen LogP contribution in [-0.2, 0) is 16.1 Å². The lowest BCUT2D eigenvalue weighted by Gasteiger charge is -2.27. The van der Waals surface area contributed by atoms with E-state index in [4.69, 9.17) is 4.74 Å². The number of likely N-dealkylation sites (N-methyl/N-ethyl adjacent to an activating group) is 1. The number of carbonyl (C=O) groups is 2. The molecule has 1 fully saturated rings. The maximum absolute atomic E-state index is 12.3. The summed E-state index contributed by atoms with van der Waals surface area (Å²) in [6, 6.07) is 9.66. The molecule has 0 bridgehead atoms. The number of hydrogen-bond donors (Lipinski definition) is 2. The van der Waals surface area contributed by atoms with Crippen LogP contribution in [0.15, 0.2) is 48.8 Å². The molecule has 3 rings (SSSR count). The molecule has 2 heterocycles. The third-order valence-electron chi connectivity index (χ3n) is 4.61. The van der Waals surface area contributed by atoms with E-state index in [1.807, 2.05) is 12.1 Å². The number of nitrogens with one attached hydrogen (secondary N) is 1. The maximum atomic E-state index is 12.3. The van der Waals surface area contributed by atoms with Crippen molar-refractivity contribution in [3.63, 3.8) is 0 Å². The lowest BCUT2D eigenvalue weighted by molar-refractivity contribution is -0.143. The van der Waals surface area contributed by atoms with E-state index in [1.165, 1.54) is 0 Å². The van der Waals surface area contributed by atoms with Gasteiger partial charge in [-0.05, 0) is 36.4 Å². The van der Waals surface area contributed by atoms with Gasteiger partial charge in [0, 0.05) is 37.7 Å². The fraction of sp³-hybridized carbons (Fsp3) is 0.350. The van der Waals surface area contributed by atoms with E-state index in [9.17, 15) is 14.7 Å². The topological polar surface area (TPSA) is 95.0 Å². The van der Waals surface area contributed by atoms with Gasteiger partial charge in [0.05, 0.1) is 13.2 Å². The van der Waals surface area contributed by atoms with Gasteiger partial charge in [0.2, 0.25) is 0 Å². The molecule has 0 spiro atoms. The summed E-state index contributed by atoms with van der Waals surface area (Å²) in [7, 11) is 1.76. The Morgan fingerprint density at radius 3 is 2.57 bits per heavy atom. The third kappa shape index (κ3) is 5.05. The molecule has 1 aliphatic rings. The van der Waals surface area contributed by atoms with Crippen molar-refractivity contribution in [2.45, 2.75) is 12.6 Å². The van der Waals surface area contributed by atoms with Gasteiger partial charge in [0.1, 0.15) is 6.04 Å². The Kier molecular flexibility index (Phi) is 6.57. The van der Waals surface area contributed by atoms with Crippen LogP contribution >= 0.6 is 0 Å². The second kappa shape index (κ2) is 9.29. The van der Waals surface area contributed by atoms with Gasteiger partial charge < -0.3 is 20.1 Å². The molecule has 0 radical (unpaired) electrons. The molecular formula is C20H24N4O4. The minimum atomic E-state index is -0.934. The molecule has 2 aromatic rings. The first kappa shape index (κ1) is 19.8. The number of urea groups is 1. The minimum absolute atomic E-state index is 0.181. The zero-order chi connectivity index (χ0) is 19.9. The molecule has 0 unspecified atom stereocenters. The number of amides is 2. The molecule has 2 N–H and O–H groups in total. The highest BCUT2D eigenvalue weighted by molar-refractivity contribution is 5.89. The molecule has 1 aliphatic heterocycles. The van der Waals surface area contributed by atoms with E-state index in [0.717, 1.165) is 5.56 Å². The van der Waals surface area contributed by atoms with Crippen LogP contribution in [0.2, 0.25) is 0 Å². The van der Waals surface area contributed by atoms with Crippen molar-refractivity contribution in [2.75, 3.05) is 38.7 Å².